The van der Waals surface area contributed by atoms with Gasteiger partial charge in [-0.3, -0.25) is 4.90 Å². The third kappa shape index (κ3) is 7.89. The van der Waals surface area contributed by atoms with Crippen LogP contribution in [0.25, 0.3) is 0 Å². The van der Waals surface area contributed by atoms with Crippen molar-refractivity contribution in [2.24, 2.45) is 4.99 Å². The van der Waals surface area contributed by atoms with E-state index in [-0.39, 0.29) is 30.1 Å². The number of guanidine groups is 1. The van der Waals surface area contributed by atoms with Crippen molar-refractivity contribution in [3.63, 3.8) is 0 Å². The zero-order valence-corrected chi connectivity index (χ0v) is 22.0. The molecule has 31 heavy (non-hydrogen) atoms. The molecule has 1 fully saturated rings. The second-order valence-corrected chi connectivity index (χ2v) is 8.64. The highest BCUT2D eigenvalue weighted by Crippen LogP contribution is 2.26. The van der Waals surface area contributed by atoms with Crippen LogP contribution in [0.5, 0.6) is 0 Å². The second kappa shape index (κ2) is 13.2. The molecule has 0 aromatic carbocycles. The van der Waals surface area contributed by atoms with Crippen molar-refractivity contribution in [2.45, 2.75) is 32.5 Å². The first kappa shape index (κ1) is 25.8. The minimum absolute atomic E-state index is 0. The van der Waals surface area contributed by atoms with Crippen LogP contribution in [0.4, 0.5) is 5.82 Å². The van der Waals surface area contributed by atoms with Crippen LogP contribution < -0.4 is 15.5 Å². The Labute approximate surface area is 207 Å². The molecular formula is C22H35IN6OS. The van der Waals surface area contributed by atoms with Crippen LogP contribution in [-0.4, -0.2) is 68.8 Å². The quantitative estimate of drug-likeness (QED) is 0.295. The van der Waals surface area contributed by atoms with Gasteiger partial charge in [0.05, 0.1) is 31.0 Å². The first-order chi connectivity index (χ1) is 14.6. The summed E-state index contributed by atoms with van der Waals surface area (Å²) in [7, 11) is 4.00. The molecule has 0 saturated carbocycles. The standard InChI is InChI=1S/C22H34N6OS.HI/c1-5-23-22(24-14-18-8-6-10-21(26-18)27(3)4)25-15-19(20-9-7-13-30-20)28-11-12-29-17(2)16-28;/h6-10,13,17,19H,5,11-12,14-16H2,1-4H3,(H2,23,24,25);1H. The molecule has 2 unspecified atom stereocenters. The summed E-state index contributed by atoms with van der Waals surface area (Å²) in [4.78, 5) is 15.3. The van der Waals surface area contributed by atoms with E-state index < -0.39 is 0 Å². The van der Waals surface area contributed by atoms with Crippen molar-refractivity contribution in [3.8, 4) is 0 Å². The number of nitrogens with zero attached hydrogens (tertiary/aromatic N) is 4. The van der Waals surface area contributed by atoms with E-state index in [4.69, 9.17) is 9.73 Å². The Bertz CT molecular complexity index is 801. The SMILES string of the molecule is CCNC(=NCc1cccc(N(C)C)n1)NCC(c1cccs1)N1CCOC(C)C1.I. The van der Waals surface area contributed by atoms with Gasteiger partial charge in [0, 0.05) is 45.2 Å². The van der Waals surface area contributed by atoms with E-state index in [9.17, 15) is 0 Å². The van der Waals surface area contributed by atoms with Crippen molar-refractivity contribution in [1.29, 1.82) is 0 Å². The number of ether oxygens (including phenoxy) is 1. The van der Waals surface area contributed by atoms with Crippen molar-refractivity contribution in [2.75, 3.05) is 51.8 Å². The number of hydrogen-bond acceptors (Lipinski definition) is 6. The minimum atomic E-state index is 0. The molecule has 0 bridgehead atoms. The van der Waals surface area contributed by atoms with Gasteiger partial charge in [-0.1, -0.05) is 12.1 Å². The zero-order chi connectivity index (χ0) is 21.3. The van der Waals surface area contributed by atoms with Crippen molar-refractivity contribution < 1.29 is 4.74 Å². The monoisotopic (exact) mass is 558 g/mol. The molecular weight excluding hydrogens is 523 g/mol. The van der Waals surface area contributed by atoms with Gasteiger partial charge in [0.1, 0.15) is 5.82 Å². The fraction of sp³-hybridized carbons (Fsp3) is 0.545. The molecule has 2 N–H and O–H groups in total. The summed E-state index contributed by atoms with van der Waals surface area (Å²) in [6.07, 6.45) is 0.262. The summed E-state index contributed by atoms with van der Waals surface area (Å²) >= 11 is 1.81. The molecule has 2 aromatic rings. The average molecular weight is 559 g/mol. The summed E-state index contributed by atoms with van der Waals surface area (Å²) in [5, 5.41) is 9.06. The van der Waals surface area contributed by atoms with Crippen LogP contribution in [0.1, 0.15) is 30.5 Å². The fourth-order valence-electron chi connectivity index (χ4n) is 3.52. The van der Waals surface area contributed by atoms with Gasteiger partial charge in [0.15, 0.2) is 5.96 Å². The molecule has 0 aliphatic carbocycles. The number of thiophene rings is 1. The van der Waals surface area contributed by atoms with Gasteiger partial charge in [-0.2, -0.15) is 0 Å². The lowest BCUT2D eigenvalue weighted by Gasteiger charge is -2.37. The molecule has 172 valence electrons. The van der Waals surface area contributed by atoms with Gasteiger partial charge in [-0.25, -0.2) is 9.98 Å². The van der Waals surface area contributed by atoms with Crippen molar-refractivity contribution in [1.82, 2.24) is 20.5 Å². The first-order valence-electron chi connectivity index (χ1n) is 10.6. The van der Waals surface area contributed by atoms with E-state index in [2.05, 4.69) is 51.9 Å². The Morgan fingerprint density at radius 1 is 1.32 bits per heavy atom. The van der Waals surface area contributed by atoms with E-state index >= 15 is 0 Å². The van der Waals surface area contributed by atoms with Gasteiger partial charge in [-0.05, 0) is 37.4 Å². The van der Waals surface area contributed by atoms with Gasteiger partial charge >= 0.3 is 0 Å². The molecule has 1 saturated heterocycles. The van der Waals surface area contributed by atoms with E-state index in [1.807, 2.05) is 48.5 Å². The van der Waals surface area contributed by atoms with Crippen molar-refractivity contribution in [3.05, 3.63) is 46.3 Å². The second-order valence-electron chi connectivity index (χ2n) is 7.67. The Balaban J connectivity index is 0.00000341. The first-order valence-corrected chi connectivity index (χ1v) is 11.5. The number of morpholine rings is 1. The smallest absolute Gasteiger partial charge is 0.191 e. The van der Waals surface area contributed by atoms with Crippen LogP contribution in [0.2, 0.25) is 0 Å². The molecule has 0 amide bonds. The number of pyridine rings is 1. The predicted octanol–water partition coefficient (Wildman–Crippen LogP) is 3.34. The molecule has 1 aliphatic heterocycles. The highest BCUT2D eigenvalue weighted by molar-refractivity contribution is 14.0. The highest BCUT2D eigenvalue weighted by Gasteiger charge is 2.26. The van der Waals surface area contributed by atoms with E-state index in [1.54, 1.807) is 0 Å². The Kier molecular flexibility index (Phi) is 11.0. The summed E-state index contributed by atoms with van der Waals surface area (Å²) < 4.78 is 5.75. The predicted molar refractivity (Wildman–Crippen MR) is 141 cm³/mol. The van der Waals surface area contributed by atoms with E-state index in [0.717, 1.165) is 50.3 Å². The number of nitrogens with one attached hydrogen (secondary N) is 2. The largest absolute Gasteiger partial charge is 0.376 e. The van der Waals surface area contributed by atoms with Gasteiger partial charge in [0.25, 0.3) is 0 Å². The lowest BCUT2D eigenvalue weighted by Crippen LogP contribution is -2.48. The number of rotatable bonds is 8. The highest BCUT2D eigenvalue weighted by atomic mass is 127. The lowest BCUT2D eigenvalue weighted by atomic mass is 10.1. The summed E-state index contributed by atoms with van der Waals surface area (Å²) in [6, 6.07) is 10.7. The maximum absolute atomic E-state index is 5.75. The molecule has 7 nitrogen and oxygen atoms in total. The van der Waals surface area contributed by atoms with Crippen LogP contribution in [0.3, 0.4) is 0 Å². The summed E-state index contributed by atoms with van der Waals surface area (Å²) in [5.74, 6) is 1.76. The van der Waals surface area contributed by atoms with Crippen LogP contribution in [0.15, 0.2) is 40.7 Å². The molecule has 1 aliphatic rings. The number of hydrogen-bond donors (Lipinski definition) is 2. The minimum Gasteiger partial charge on any atom is -0.376 e. The number of aliphatic imine (C=N–C) groups is 1. The van der Waals surface area contributed by atoms with Crippen LogP contribution in [0, 0.1) is 0 Å². The Morgan fingerprint density at radius 3 is 2.84 bits per heavy atom. The Hall–Kier alpha value is -1.43. The van der Waals surface area contributed by atoms with Crippen LogP contribution >= 0.6 is 35.3 Å². The summed E-state index contributed by atoms with van der Waals surface area (Å²) in [6.45, 7) is 9.05. The number of aromatic nitrogens is 1. The molecule has 2 atom stereocenters. The normalized spacial score (nSPS) is 18.2. The van der Waals surface area contributed by atoms with E-state index in [0.29, 0.717) is 12.6 Å². The third-order valence-corrected chi connectivity index (χ3v) is 6.01. The van der Waals surface area contributed by atoms with E-state index in [1.165, 1.54) is 4.88 Å². The Morgan fingerprint density at radius 2 is 2.16 bits per heavy atom. The van der Waals surface area contributed by atoms with Gasteiger partial charge in [0.2, 0.25) is 0 Å². The zero-order valence-electron chi connectivity index (χ0n) is 18.9. The number of halogens is 1. The molecule has 9 heteroatoms. The van der Waals surface area contributed by atoms with Crippen molar-refractivity contribution >= 4 is 47.1 Å². The summed E-state index contributed by atoms with van der Waals surface area (Å²) in [5.41, 5.74) is 0.954. The molecule has 0 spiro atoms. The van der Waals surface area contributed by atoms with Crippen LogP contribution in [-0.2, 0) is 11.3 Å². The third-order valence-electron chi connectivity index (χ3n) is 5.04. The maximum atomic E-state index is 5.75. The lowest BCUT2D eigenvalue weighted by molar-refractivity contribution is -0.0334. The van der Waals surface area contributed by atoms with Gasteiger partial charge in [-0.15, -0.1) is 35.3 Å². The fourth-order valence-corrected chi connectivity index (χ4v) is 4.38. The number of anilines is 1. The molecule has 3 heterocycles. The topological polar surface area (TPSA) is 65.0 Å². The molecule has 3 rings (SSSR count). The molecule has 0 radical (unpaired) electrons. The molecule has 2 aromatic heterocycles. The van der Waals surface area contributed by atoms with Gasteiger partial charge < -0.3 is 20.3 Å². The maximum Gasteiger partial charge on any atom is 0.191 e. The average Bonchev–Trinajstić information content (AvgIpc) is 3.27.